The Morgan fingerprint density at radius 1 is 1.11 bits per heavy atom. The average Bonchev–Trinajstić information content (AvgIpc) is 2.41. The van der Waals surface area contributed by atoms with Gasteiger partial charge in [-0.05, 0) is 36.6 Å². The second kappa shape index (κ2) is 5.57. The number of nitrogens with two attached hydrogens (primary N) is 1. The van der Waals surface area contributed by atoms with Crippen molar-refractivity contribution in [2.45, 2.75) is 20.5 Å². The number of rotatable bonds is 4. The Bertz CT molecular complexity index is 588. The number of aryl methyl sites for hydroxylation is 1. The van der Waals surface area contributed by atoms with Gasteiger partial charge in [-0.25, -0.2) is 0 Å². The highest BCUT2D eigenvalue weighted by Gasteiger charge is 2.02. The van der Waals surface area contributed by atoms with Gasteiger partial charge >= 0.3 is 0 Å². The van der Waals surface area contributed by atoms with E-state index in [-0.39, 0.29) is 5.84 Å². The topological polar surface area (TPSA) is 59.1 Å². The molecule has 0 heterocycles. The lowest BCUT2D eigenvalue weighted by Crippen LogP contribution is -2.10. The van der Waals surface area contributed by atoms with Crippen molar-refractivity contribution in [3.8, 4) is 5.75 Å². The number of amidine groups is 1. The van der Waals surface area contributed by atoms with Gasteiger partial charge in [-0.3, -0.25) is 5.41 Å². The minimum Gasteiger partial charge on any atom is -0.489 e. The van der Waals surface area contributed by atoms with Crippen LogP contribution in [0, 0.1) is 19.3 Å². The van der Waals surface area contributed by atoms with Crippen LogP contribution < -0.4 is 10.5 Å². The van der Waals surface area contributed by atoms with E-state index in [0.29, 0.717) is 6.61 Å². The van der Waals surface area contributed by atoms with E-state index in [1.54, 1.807) is 0 Å². The van der Waals surface area contributed by atoms with Gasteiger partial charge in [0.05, 0.1) is 0 Å². The molecule has 19 heavy (non-hydrogen) atoms. The van der Waals surface area contributed by atoms with Gasteiger partial charge in [-0.2, -0.15) is 0 Å². The molecule has 98 valence electrons. The van der Waals surface area contributed by atoms with E-state index in [0.717, 1.165) is 16.9 Å². The van der Waals surface area contributed by atoms with E-state index >= 15 is 0 Å². The lowest BCUT2D eigenvalue weighted by Gasteiger charge is -2.11. The molecule has 0 bridgehead atoms. The molecular formula is C16H18N2O. The van der Waals surface area contributed by atoms with E-state index in [4.69, 9.17) is 15.9 Å². The number of hydrogen-bond donors (Lipinski definition) is 2. The van der Waals surface area contributed by atoms with Crippen molar-refractivity contribution >= 4 is 5.84 Å². The van der Waals surface area contributed by atoms with Crippen LogP contribution in [-0.2, 0) is 6.61 Å². The molecule has 0 fully saturated rings. The van der Waals surface area contributed by atoms with Crippen molar-refractivity contribution in [3.05, 3.63) is 64.7 Å². The summed E-state index contributed by atoms with van der Waals surface area (Å²) in [6.07, 6.45) is 0. The molecule has 3 heteroatoms. The Labute approximate surface area is 113 Å². The summed E-state index contributed by atoms with van der Waals surface area (Å²) in [5.41, 5.74) is 9.61. The van der Waals surface area contributed by atoms with Crippen LogP contribution in [0.2, 0.25) is 0 Å². The molecule has 0 aliphatic heterocycles. The predicted molar refractivity (Wildman–Crippen MR) is 77.7 cm³/mol. The van der Waals surface area contributed by atoms with Crippen LogP contribution in [0.1, 0.15) is 22.3 Å². The van der Waals surface area contributed by atoms with E-state index in [9.17, 15) is 0 Å². The van der Waals surface area contributed by atoms with Crippen molar-refractivity contribution in [2.24, 2.45) is 5.73 Å². The molecule has 2 rings (SSSR count). The first-order chi connectivity index (χ1) is 9.08. The number of nitrogens with one attached hydrogen (secondary N) is 1. The third-order valence-electron chi connectivity index (χ3n) is 3.21. The maximum Gasteiger partial charge on any atom is 0.122 e. The fraction of sp³-hybridized carbons (Fsp3) is 0.188. The molecule has 0 aliphatic carbocycles. The SMILES string of the molecule is Cc1cccc(OCc2ccc(C(=N)N)cc2)c1C. The second-order valence-corrected chi connectivity index (χ2v) is 4.60. The average molecular weight is 254 g/mol. The third kappa shape index (κ3) is 3.13. The molecule has 0 saturated carbocycles. The number of nitrogen functional groups attached to an aromatic ring is 1. The van der Waals surface area contributed by atoms with Crippen LogP contribution in [0.5, 0.6) is 5.75 Å². The third-order valence-corrected chi connectivity index (χ3v) is 3.21. The first kappa shape index (κ1) is 13.1. The van der Waals surface area contributed by atoms with Gasteiger partial charge in [0.15, 0.2) is 0 Å². The van der Waals surface area contributed by atoms with Crippen molar-refractivity contribution in [1.29, 1.82) is 5.41 Å². The molecule has 0 aliphatic rings. The van der Waals surface area contributed by atoms with Crippen molar-refractivity contribution in [3.63, 3.8) is 0 Å². The molecule has 0 saturated heterocycles. The van der Waals surface area contributed by atoms with Gasteiger partial charge in [-0.1, -0.05) is 36.4 Å². The zero-order valence-corrected chi connectivity index (χ0v) is 11.2. The minimum atomic E-state index is 0.0852. The summed E-state index contributed by atoms with van der Waals surface area (Å²) in [6, 6.07) is 13.6. The molecule has 3 N–H and O–H groups in total. The summed E-state index contributed by atoms with van der Waals surface area (Å²) < 4.78 is 5.82. The van der Waals surface area contributed by atoms with E-state index in [2.05, 4.69) is 19.9 Å². The summed E-state index contributed by atoms with van der Waals surface area (Å²) in [5.74, 6) is 0.998. The second-order valence-electron chi connectivity index (χ2n) is 4.60. The van der Waals surface area contributed by atoms with Crippen LogP contribution in [0.15, 0.2) is 42.5 Å². The van der Waals surface area contributed by atoms with E-state index < -0.39 is 0 Å². The Balaban J connectivity index is 2.06. The van der Waals surface area contributed by atoms with Crippen LogP contribution in [-0.4, -0.2) is 5.84 Å². The highest BCUT2D eigenvalue weighted by Crippen LogP contribution is 2.21. The highest BCUT2D eigenvalue weighted by atomic mass is 16.5. The normalized spacial score (nSPS) is 10.2. The lowest BCUT2D eigenvalue weighted by atomic mass is 10.1. The number of ether oxygens (including phenoxy) is 1. The van der Waals surface area contributed by atoms with Crippen LogP contribution in [0.25, 0.3) is 0 Å². The van der Waals surface area contributed by atoms with Gasteiger partial charge in [-0.15, -0.1) is 0 Å². The zero-order valence-electron chi connectivity index (χ0n) is 11.2. The molecule has 0 radical (unpaired) electrons. The maximum absolute atomic E-state index is 7.34. The largest absolute Gasteiger partial charge is 0.489 e. The standard InChI is InChI=1S/C16H18N2O/c1-11-4-3-5-15(12(11)2)19-10-13-6-8-14(9-7-13)16(17)18/h3-9H,10H2,1-2H3,(H3,17,18). The summed E-state index contributed by atoms with van der Waals surface area (Å²) in [7, 11) is 0. The van der Waals surface area contributed by atoms with Crippen LogP contribution in [0.4, 0.5) is 0 Å². The fourth-order valence-corrected chi connectivity index (χ4v) is 1.82. The molecule has 0 spiro atoms. The summed E-state index contributed by atoms with van der Waals surface area (Å²) in [4.78, 5) is 0. The lowest BCUT2D eigenvalue weighted by molar-refractivity contribution is 0.304. The molecule has 3 nitrogen and oxygen atoms in total. The summed E-state index contributed by atoms with van der Waals surface area (Å²) >= 11 is 0. The maximum atomic E-state index is 7.34. The minimum absolute atomic E-state index is 0.0852. The first-order valence-corrected chi connectivity index (χ1v) is 6.20. The molecule has 0 amide bonds. The van der Waals surface area contributed by atoms with Gasteiger partial charge in [0, 0.05) is 5.56 Å². The molecular weight excluding hydrogens is 236 g/mol. The van der Waals surface area contributed by atoms with Crippen molar-refractivity contribution < 1.29 is 4.74 Å². The van der Waals surface area contributed by atoms with Gasteiger partial charge in [0.2, 0.25) is 0 Å². The van der Waals surface area contributed by atoms with E-state index in [1.165, 1.54) is 11.1 Å². The zero-order chi connectivity index (χ0) is 13.8. The van der Waals surface area contributed by atoms with Crippen LogP contribution in [0.3, 0.4) is 0 Å². The van der Waals surface area contributed by atoms with Gasteiger partial charge < -0.3 is 10.5 Å². The monoisotopic (exact) mass is 254 g/mol. The quantitative estimate of drug-likeness (QED) is 0.650. The Morgan fingerprint density at radius 3 is 2.42 bits per heavy atom. The summed E-state index contributed by atoms with van der Waals surface area (Å²) in [6.45, 7) is 4.65. The molecule has 0 aromatic heterocycles. The molecule has 2 aromatic rings. The first-order valence-electron chi connectivity index (χ1n) is 6.20. The molecule has 2 aromatic carbocycles. The fourth-order valence-electron chi connectivity index (χ4n) is 1.82. The predicted octanol–water partition coefficient (Wildman–Crippen LogP) is 3.17. The Kier molecular flexibility index (Phi) is 3.85. The highest BCUT2D eigenvalue weighted by molar-refractivity contribution is 5.94. The van der Waals surface area contributed by atoms with Crippen LogP contribution >= 0.6 is 0 Å². The summed E-state index contributed by atoms with van der Waals surface area (Å²) in [5, 5.41) is 7.34. The Hall–Kier alpha value is -2.29. The molecule has 0 atom stereocenters. The van der Waals surface area contributed by atoms with Gasteiger partial charge in [0.25, 0.3) is 0 Å². The van der Waals surface area contributed by atoms with Gasteiger partial charge in [0.1, 0.15) is 18.2 Å². The van der Waals surface area contributed by atoms with E-state index in [1.807, 2.05) is 36.4 Å². The number of benzene rings is 2. The molecule has 0 unspecified atom stereocenters. The smallest absolute Gasteiger partial charge is 0.122 e. The van der Waals surface area contributed by atoms with Crippen molar-refractivity contribution in [1.82, 2.24) is 0 Å². The number of hydrogen-bond acceptors (Lipinski definition) is 2. The Morgan fingerprint density at radius 2 is 1.79 bits per heavy atom. The van der Waals surface area contributed by atoms with Crippen molar-refractivity contribution in [2.75, 3.05) is 0 Å².